The van der Waals surface area contributed by atoms with Crippen LogP contribution >= 0.6 is 11.3 Å². The van der Waals surface area contributed by atoms with E-state index in [1.807, 2.05) is 0 Å². The molecule has 2 rings (SSSR count). The predicted molar refractivity (Wildman–Crippen MR) is 74.2 cm³/mol. The molecule has 8 heteroatoms. The monoisotopic (exact) mass is 319 g/mol. The topological polar surface area (TPSA) is 92.7 Å². The molecule has 2 N–H and O–H groups in total. The number of hydrogen-bond acceptors (Lipinski definition) is 6. The van der Waals surface area contributed by atoms with Crippen LogP contribution in [0.25, 0.3) is 0 Å². The molecule has 0 amide bonds. The molecule has 0 bridgehead atoms. The molecule has 0 spiro atoms. The number of hydrogen-bond donors (Lipinski definition) is 2. The summed E-state index contributed by atoms with van der Waals surface area (Å²) >= 11 is 1.02. The Morgan fingerprint density at radius 2 is 2.30 bits per heavy atom. The van der Waals surface area contributed by atoms with Gasteiger partial charge in [-0.25, -0.2) is 17.9 Å². The average molecular weight is 319 g/mol. The van der Waals surface area contributed by atoms with Crippen LogP contribution in [0.1, 0.15) is 28.9 Å². The number of nitrogens with one attached hydrogen (secondary N) is 1. The maximum absolute atomic E-state index is 12.2. The summed E-state index contributed by atoms with van der Waals surface area (Å²) in [4.78, 5) is 11.5. The molecule has 2 unspecified atom stereocenters. The van der Waals surface area contributed by atoms with Crippen molar-refractivity contribution in [3.8, 4) is 0 Å². The summed E-state index contributed by atoms with van der Waals surface area (Å²) in [5.41, 5.74) is 0. The van der Waals surface area contributed by atoms with Crippen molar-refractivity contribution in [2.45, 2.75) is 30.3 Å². The van der Waals surface area contributed by atoms with Crippen LogP contribution in [0, 0.1) is 5.92 Å². The van der Waals surface area contributed by atoms with Crippen molar-refractivity contribution in [3.63, 3.8) is 0 Å². The first kappa shape index (κ1) is 15.4. The van der Waals surface area contributed by atoms with E-state index >= 15 is 0 Å². The first-order valence-electron chi connectivity index (χ1n) is 6.29. The first-order chi connectivity index (χ1) is 9.45. The lowest BCUT2D eigenvalue weighted by Crippen LogP contribution is -2.32. The van der Waals surface area contributed by atoms with Gasteiger partial charge < -0.3 is 9.84 Å². The van der Waals surface area contributed by atoms with E-state index in [2.05, 4.69) is 9.46 Å². The third kappa shape index (κ3) is 3.20. The summed E-state index contributed by atoms with van der Waals surface area (Å²) in [6.45, 7) is 0.181. The van der Waals surface area contributed by atoms with Crippen LogP contribution in [0.3, 0.4) is 0 Å². The lowest BCUT2D eigenvalue weighted by Gasteiger charge is -2.15. The van der Waals surface area contributed by atoms with Gasteiger partial charge in [0.05, 0.1) is 13.2 Å². The highest BCUT2D eigenvalue weighted by atomic mass is 32.2. The first-order valence-corrected chi connectivity index (χ1v) is 8.65. The highest BCUT2D eigenvalue weighted by molar-refractivity contribution is 7.89. The molecule has 1 aliphatic rings. The molecule has 20 heavy (non-hydrogen) atoms. The fourth-order valence-corrected chi connectivity index (χ4v) is 4.73. The van der Waals surface area contributed by atoms with Gasteiger partial charge in [-0.05, 0) is 30.2 Å². The SMILES string of the molecule is COC(=O)c1sccc1S(=O)(=O)NCC1CCCC1O. The number of sulfonamides is 1. The minimum Gasteiger partial charge on any atom is -0.465 e. The smallest absolute Gasteiger partial charge is 0.349 e. The van der Waals surface area contributed by atoms with Crippen LogP contribution in [0.15, 0.2) is 16.3 Å². The van der Waals surface area contributed by atoms with Gasteiger partial charge in [-0.3, -0.25) is 0 Å². The lowest BCUT2D eigenvalue weighted by molar-refractivity contribution is 0.0602. The molecule has 1 saturated carbocycles. The Morgan fingerprint density at radius 1 is 1.55 bits per heavy atom. The standard InChI is InChI=1S/C12H17NO5S2/c1-18-12(15)11-10(5-6-19-11)20(16,17)13-7-8-3-2-4-9(8)14/h5-6,8-9,13-14H,2-4,7H2,1H3. The minimum atomic E-state index is -3.77. The number of rotatable bonds is 5. The van der Waals surface area contributed by atoms with E-state index < -0.39 is 22.1 Å². The van der Waals surface area contributed by atoms with Crippen molar-refractivity contribution in [2.75, 3.05) is 13.7 Å². The number of carbonyl (C=O) groups is 1. The molecule has 0 aromatic carbocycles. The van der Waals surface area contributed by atoms with Crippen LogP contribution in [-0.4, -0.2) is 39.3 Å². The Balaban J connectivity index is 2.10. The van der Waals surface area contributed by atoms with E-state index in [9.17, 15) is 18.3 Å². The maximum Gasteiger partial charge on any atom is 0.349 e. The molecular formula is C12H17NO5S2. The Bertz CT molecular complexity index is 580. The zero-order valence-corrected chi connectivity index (χ0v) is 12.7. The Labute approximate surface area is 121 Å². The molecule has 0 radical (unpaired) electrons. The van der Waals surface area contributed by atoms with Gasteiger partial charge in [-0.2, -0.15) is 0 Å². The van der Waals surface area contributed by atoms with Crippen LogP contribution in [-0.2, 0) is 14.8 Å². The van der Waals surface area contributed by atoms with Crippen LogP contribution in [0.2, 0.25) is 0 Å². The Hall–Kier alpha value is -0.960. The van der Waals surface area contributed by atoms with Gasteiger partial charge in [0, 0.05) is 6.54 Å². The number of methoxy groups -OCH3 is 1. The number of esters is 1. The molecule has 1 aromatic heterocycles. The number of aliphatic hydroxyl groups is 1. The predicted octanol–water partition coefficient (Wildman–Crippen LogP) is 0.974. The zero-order valence-electron chi connectivity index (χ0n) is 11.0. The van der Waals surface area contributed by atoms with E-state index in [0.717, 1.165) is 24.2 Å². The zero-order chi connectivity index (χ0) is 14.8. The molecule has 1 aliphatic carbocycles. The van der Waals surface area contributed by atoms with Crippen LogP contribution < -0.4 is 4.72 Å². The second-order valence-electron chi connectivity index (χ2n) is 4.72. The fourth-order valence-electron chi connectivity index (χ4n) is 2.30. The summed E-state index contributed by atoms with van der Waals surface area (Å²) in [5.74, 6) is -0.730. The Morgan fingerprint density at radius 3 is 2.90 bits per heavy atom. The average Bonchev–Trinajstić information content (AvgIpc) is 3.04. The summed E-state index contributed by atoms with van der Waals surface area (Å²) in [6.07, 6.45) is 1.95. The number of aliphatic hydroxyl groups excluding tert-OH is 1. The second kappa shape index (κ2) is 6.21. The number of ether oxygens (including phenoxy) is 1. The summed E-state index contributed by atoms with van der Waals surface area (Å²) in [6, 6.07) is 1.38. The number of carbonyl (C=O) groups excluding carboxylic acids is 1. The van der Waals surface area contributed by atoms with E-state index in [1.165, 1.54) is 18.6 Å². The lowest BCUT2D eigenvalue weighted by atomic mass is 10.1. The summed E-state index contributed by atoms with van der Waals surface area (Å²) in [7, 11) is -2.56. The van der Waals surface area contributed by atoms with Gasteiger partial charge in [-0.1, -0.05) is 6.42 Å². The van der Waals surface area contributed by atoms with Crippen LogP contribution in [0.4, 0.5) is 0 Å². The quantitative estimate of drug-likeness (QED) is 0.789. The van der Waals surface area contributed by atoms with E-state index in [0.29, 0.717) is 6.42 Å². The highest BCUT2D eigenvalue weighted by Crippen LogP contribution is 2.26. The number of thiophene rings is 1. The highest BCUT2D eigenvalue weighted by Gasteiger charge is 2.29. The molecule has 6 nitrogen and oxygen atoms in total. The van der Waals surface area contributed by atoms with E-state index in [1.54, 1.807) is 0 Å². The van der Waals surface area contributed by atoms with Crippen LogP contribution in [0.5, 0.6) is 0 Å². The van der Waals surface area contributed by atoms with Crippen molar-refractivity contribution in [3.05, 3.63) is 16.3 Å². The van der Waals surface area contributed by atoms with Gasteiger partial charge in [0.25, 0.3) is 0 Å². The molecule has 0 saturated heterocycles. The minimum absolute atomic E-state index is 0.0620. The van der Waals surface area contributed by atoms with Gasteiger partial charge in [0.2, 0.25) is 10.0 Å². The largest absolute Gasteiger partial charge is 0.465 e. The van der Waals surface area contributed by atoms with Crippen molar-refractivity contribution < 1.29 is 23.1 Å². The molecule has 0 aliphatic heterocycles. The third-order valence-corrected chi connectivity index (χ3v) is 5.93. The maximum atomic E-state index is 12.2. The normalized spacial score (nSPS) is 22.9. The molecule has 1 aromatic rings. The molecule has 1 fully saturated rings. The second-order valence-corrected chi connectivity index (χ2v) is 7.37. The van der Waals surface area contributed by atoms with Crippen molar-refractivity contribution in [1.29, 1.82) is 0 Å². The molecule has 112 valence electrons. The van der Waals surface area contributed by atoms with E-state index in [4.69, 9.17) is 0 Å². The van der Waals surface area contributed by atoms with E-state index in [-0.39, 0.29) is 22.2 Å². The van der Waals surface area contributed by atoms with Crippen molar-refractivity contribution in [2.24, 2.45) is 5.92 Å². The van der Waals surface area contributed by atoms with Crippen molar-refractivity contribution in [1.82, 2.24) is 4.72 Å². The van der Waals surface area contributed by atoms with Gasteiger partial charge in [-0.15, -0.1) is 11.3 Å². The van der Waals surface area contributed by atoms with Gasteiger partial charge in [0.15, 0.2) is 0 Å². The molecule has 1 heterocycles. The van der Waals surface area contributed by atoms with Gasteiger partial charge in [0.1, 0.15) is 9.77 Å². The van der Waals surface area contributed by atoms with Gasteiger partial charge >= 0.3 is 5.97 Å². The summed E-state index contributed by atoms with van der Waals surface area (Å²) in [5, 5.41) is 11.2. The molecular weight excluding hydrogens is 302 g/mol. The van der Waals surface area contributed by atoms with Crippen molar-refractivity contribution >= 4 is 27.3 Å². The fraction of sp³-hybridized carbons (Fsp3) is 0.583. The third-order valence-electron chi connectivity index (χ3n) is 3.44. The Kier molecular flexibility index (Phi) is 4.79. The molecule has 2 atom stereocenters. The summed E-state index contributed by atoms with van der Waals surface area (Å²) < 4.78 is 31.4.